The van der Waals surface area contributed by atoms with E-state index in [1.807, 2.05) is 0 Å². The third-order valence-electron chi connectivity index (χ3n) is 1.76. The van der Waals surface area contributed by atoms with Crippen molar-refractivity contribution >= 4 is 52.6 Å². The van der Waals surface area contributed by atoms with Gasteiger partial charge in [-0.05, 0) is 0 Å². The molecule has 0 aliphatic carbocycles. The van der Waals surface area contributed by atoms with Crippen LogP contribution in [0.1, 0.15) is 43.5 Å². The molecule has 2 aromatic rings. The summed E-state index contributed by atoms with van der Waals surface area (Å²) in [7, 11) is 0. The molecule has 0 radical (unpaired) electrons. The van der Waals surface area contributed by atoms with Crippen LogP contribution >= 0.6 is 34.8 Å². The predicted octanol–water partition coefficient (Wildman–Crippen LogP) is 3.96. The molecule has 13 heteroatoms. The predicted molar refractivity (Wildman–Crippen MR) is 103 cm³/mol. The lowest BCUT2D eigenvalue weighted by molar-refractivity contribution is 0.0673. The highest BCUT2D eigenvalue weighted by Crippen LogP contribution is 2.11. The molecular weight excluding hydrogens is 411 g/mol. The average Bonchev–Trinajstić information content (AvgIpc) is 2.48. The van der Waals surface area contributed by atoms with E-state index >= 15 is 0 Å². The highest BCUT2D eigenvalue weighted by molar-refractivity contribution is 6.33. The van der Waals surface area contributed by atoms with Gasteiger partial charge in [0.25, 0.3) is 0 Å². The quantitative estimate of drug-likeness (QED) is 0.505. The zero-order chi connectivity index (χ0) is 18.9. The van der Waals surface area contributed by atoms with Crippen molar-refractivity contribution in [1.29, 1.82) is 0 Å². The lowest BCUT2D eigenvalue weighted by Crippen LogP contribution is -2.06. The molecule has 2 aromatic heterocycles. The first-order valence-corrected chi connectivity index (χ1v) is 6.29. The zero-order valence-corrected chi connectivity index (χ0v) is 13.2. The van der Waals surface area contributed by atoms with Crippen LogP contribution in [0.15, 0.2) is 12.1 Å². The lowest BCUT2D eigenvalue weighted by atomic mass is 10.5. The molecule has 0 aromatic carbocycles. The van der Waals surface area contributed by atoms with Gasteiger partial charge in [0.05, 0.1) is 0 Å². The number of carboxylic acid groups (broad SMARTS) is 2. The van der Waals surface area contributed by atoms with Crippen LogP contribution in [0.2, 0.25) is 16.9 Å². The normalized spacial score (nSPS) is 8.38. The van der Waals surface area contributed by atoms with Gasteiger partial charge in [0.2, 0.25) is 11.6 Å². The van der Waals surface area contributed by atoms with E-state index in [2.05, 4.69) is 26.1 Å². The van der Waals surface area contributed by atoms with Crippen molar-refractivity contribution in [2.24, 2.45) is 0 Å². The molecule has 0 bridgehead atoms. The van der Waals surface area contributed by atoms with Gasteiger partial charge in [-0.25, -0.2) is 29.5 Å². The Balaban J connectivity index is -0.000000163. The van der Waals surface area contributed by atoms with Gasteiger partial charge in [-0.2, -0.15) is 0 Å². The number of nitrogen functional groups attached to an aromatic ring is 1. The Labute approximate surface area is 167 Å². The van der Waals surface area contributed by atoms with Gasteiger partial charge in [-0.15, -0.1) is 0 Å². The first kappa shape index (κ1) is 28.5. The number of hydrogen-bond acceptors (Lipinski definition) is 8. The maximum absolute atomic E-state index is 10.3. The first-order valence-electron chi connectivity index (χ1n) is 5.73. The number of halogens is 3. The molecule has 2 rings (SSSR count). The van der Waals surface area contributed by atoms with E-state index in [1.54, 1.807) is 0 Å². The van der Waals surface area contributed by atoms with Crippen LogP contribution in [0.4, 0.5) is 5.82 Å². The summed E-state index contributed by atoms with van der Waals surface area (Å²) in [5, 5.41) is 16.8. The molecule has 0 saturated heterocycles. The minimum absolute atomic E-state index is 0. The molecule has 0 spiro atoms. The topological polar surface area (TPSA) is 187 Å². The smallest absolute Gasteiger partial charge is 0.374 e. The molecule has 2 heterocycles. The summed E-state index contributed by atoms with van der Waals surface area (Å²) in [6.45, 7) is 0. The largest absolute Gasteiger partial charge is 0.475 e. The summed E-state index contributed by atoms with van der Waals surface area (Å²) < 4.78 is 5.25. The van der Waals surface area contributed by atoms with Crippen LogP contribution < -0.4 is 11.9 Å². The SMILES string of the molecule is C.C.C.Nc1cc(Cl)nc(C(=O)O)n1.O=C(O)c1nc(Cl)cc(Cl)n1.[2H]N. The van der Waals surface area contributed by atoms with Gasteiger partial charge in [0, 0.05) is 12.1 Å². The molecule has 0 saturated carbocycles. The summed E-state index contributed by atoms with van der Waals surface area (Å²) in [6.07, 6.45) is 3.75. The van der Waals surface area contributed by atoms with Crippen LogP contribution in [0.5, 0.6) is 0 Å². The van der Waals surface area contributed by atoms with E-state index in [9.17, 15) is 9.59 Å². The van der Waals surface area contributed by atoms with E-state index in [0.717, 1.165) is 0 Å². The van der Waals surface area contributed by atoms with Crippen molar-refractivity contribution in [2.75, 3.05) is 5.73 Å². The molecule has 7 N–H and O–H groups in total. The minimum atomic E-state index is -1.26. The molecule has 0 unspecified atom stereocenters. The van der Waals surface area contributed by atoms with Crippen LogP contribution in [-0.4, -0.2) is 42.1 Å². The van der Waals surface area contributed by atoms with Gasteiger partial charge in [0.1, 0.15) is 22.7 Å². The number of anilines is 1. The number of aromatic nitrogens is 4. The van der Waals surface area contributed by atoms with Crippen molar-refractivity contribution in [2.45, 2.75) is 22.3 Å². The van der Waals surface area contributed by atoms with Crippen molar-refractivity contribution in [3.8, 4) is 0 Å². The van der Waals surface area contributed by atoms with E-state index in [4.69, 9.17) is 52.2 Å². The number of nitrogens with zero attached hydrogens (tertiary/aromatic N) is 4. The fourth-order valence-electron chi connectivity index (χ4n) is 1.02. The summed E-state index contributed by atoms with van der Waals surface area (Å²) in [6, 6.07) is 2.53. The fraction of sp³-hybridized carbons (Fsp3) is 0.231. The molecule has 0 amide bonds. The Morgan fingerprint density at radius 1 is 0.846 bits per heavy atom. The number of carboxylic acids is 2. The third-order valence-corrected chi connectivity index (χ3v) is 2.34. The lowest BCUT2D eigenvalue weighted by Gasteiger charge is -1.95. The highest BCUT2D eigenvalue weighted by Gasteiger charge is 2.08. The Hall–Kier alpha value is -2.27. The maximum Gasteiger partial charge on any atom is 0.374 e. The zero-order valence-electron chi connectivity index (χ0n) is 11.9. The minimum Gasteiger partial charge on any atom is -0.475 e. The molecule has 10 nitrogen and oxygen atoms in total. The van der Waals surface area contributed by atoms with Crippen LogP contribution in [-0.2, 0) is 0 Å². The Morgan fingerprint density at radius 2 is 1.15 bits per heavy atom. The van der Waals surface area contributed by atoms with Gasteiger partial charge >= 0.3 is 11.9 Å². The summed E-state index contributed by atoms with van der Waals surface area (Å²) in [4.78, 5) is 34.2. The molecule has 148 valence electrons. The van der Waals surface area contributed by atoms with Crippen LogP contribution in [0.25, 0.3) is 0 Å². The fourth-order valence-corrected chi connectivity index (χ4v) is 1.63. The highest BCUT2D eigenvalue weighted by atomic mass is 35.5. The van der Waals surface area contributed by atoms with Crippen LogP contribution in [0, 0.1) is 0 Å². The summed E-state index contributed by atoms with van der Waals surface area (Å²) in [5.41, 5.74) is 5.20. The molecule has 0 fully saturated rings. The van der Waals surface area contributed by atoms with Gasteiger partial charge in [0.15, 0.2) is 0 Å². The second-order valence-electron chi connectivity index (χ2n) is 3.39. The third kappa shape index (κ3) is 10.6. The number of rotatable bonds is 2. The molecule has 0 aliphatic rings. The molecule has 0 atom stereocenters. The Kier molecular flexibility index (Phi) is 15.3. The second kappa shape index (κ2) is 14.0. The van der Waals surface area contributed by atoms with Crippen molar-refractivity contribution in [1.82, 2.24) is 26.1 Å². The second-order valence-corrected chi connectivity index (χ2v) is 4.55. The molecule has 0 aliphatic heterocycles. The van der Waals surface area contributed by atoms with E-state index in [0.29, 0.717) is 0 Å². The van der Waals surface area contributed by atoms with Gasteiger partial charge < -0.3 is 22.1 Å². The van der Waals surface area contributed by atoms with Crippen molar-refractivity contribution < 1.29 is 21.2 Å². The first-order chi connectivity index (χ1) is 11.2. The number of nitrogens with two attached hydrogens (primary N) is 1. The van der Waals surface area contributed by atoms with E-state index < -0.39 is 23.6 Å². The Morgan fingerprint density at radius 3 is 1.46 bits per heavy atom. The number of hydrogen-bond donors (Lipinski definition) is 4. The van der Waals surface area contributed by atoms with E-state index in [1.165, 1.54) is 12.1 Å². The number of aromatic carboxylic acids is 2. The molecule has 26 heavy (non-hydrogen) atoms. The Bertz CT molecular complexity index is 637. The average molecular weight is 433 g/mol. The van der Waals surface area contributed by atoms with Crippen molar-refractivity contribution in [3.63, 3.8) is 0 Å². The maximum atomic E-state index is 10.3. The summed E-state index contributed by atoms with van der Waals surface area (Å²) in [5.74, 6) is -3.26. The van der Waals surface area contributed by atoms with Crippen LogP contribution in [0.3, 0.4) is 0 Å². The monoisotopic (exact) mass is 431 g/mol. The summed E-state index contributed by atoms with van der Waals surface area (Å²) >= 11 is 16.2. The van der Waals surface area contributed by atoms with E-state index in [-0.39, 0.29) is 43.6 Å². The van der Waals surface area contributed by atoms with Gasteiger partial charge in [-0.1, -0.05) is 57.1 Å². The standard InChI is InChI=1S/C5H2Cl2N2O2.C5H4ClN3O2.3CH4.H3N/c2*6-2-1-3(7)9-4(8-2)5(10)11;;;;/h1H,(H,10,11);1H,(H,10,11)(H2,7,8,9);3*1H4;1H3/i/hD. The van der Waals surface area contributed by atoms with Crippen molar-refractivity contribution in [3.05, 3.63) is 39.2 Å². The number of carbonyl (C=O) groups is 2. The van der Waals surface area contributed by atoms with Gasteiger partial charge in [-0.3, -0.25) is 0 Å². The molecular formula is C13H21Cl3N6O4.